The molecular weight excluding hydrogens is 188 g/mol. The zero-order valence-electron chi connectivity index (χ0n) is 8.37. The van der Waals surface area contributed by atoms with E-state index < -0.39 is 11.9 Å². The predicted molar refractivity (Wildman–Crippen MR) is 47.3 cm³/mol. The standard InChI is InChI=1S/C9H14O5/c1-3-8(11)13-6-14-9(12)5-4-7(2)10/h3-6H2,1-2H3. The van der Waals surface area contributed by atoms with Crippen LogP contribution in [0.5, 0.6) is 0 Å². The number of ether oxygens (including phenoxy) is 2. The molecule has 0 fully saturated rings. The Hall–Kier alpha value is -1.39. The second-order valence-electron chi connectivity index (χ2n) is 2.71. The molecule has 0 unspecified atom stereocenters. The van der Waals surface area contributed by atoms with E-state index in [2.05, 4.69) is 9.47 Å². The van der Waals surface area contributed by atoms with E-state index in [1.54, 1.807) is 6.92 Å². The molecule has 0 aromatic rings. The Labute approximate surface area is 82.4 Å². The first kappa shape index (κ1) is 12.6. The Morgan fingerprint density at radius 1 is 1.00 bits per heavy atom. The number of esters is 2. The number of carbonyl (C=O) groups excluding carboxylic acids is 3. The molecule has 5 nitrogen and oxygen atoms in total. The minimum Gasteiger partial charge on any atom is -0.428 e. The lowest BCUT2D eigenvalue weighted by Crippen LogP contribution is -2.12. The third kappa shape index (κ3) is 7.27. The van der Waals surface area contributed by atoms with E-state index in [1.807, 2.05) is 0 Å². The molecule has 0 N–H and O–H groups in total. The largest absolute Gasteiger partial charge is 0.428 e. The number of hydrogen-bond acceptors (Lipinski definition) is 5. The Morgan fingerprint density at radius 3 is 2.07 bits per heavy atom. The summed E-state index contributed by atoms with van der Waals surface area (Å²) in [6.45, 7) is 2.66. The van der Waals surface area contributed by atoms with E-state index >= 15 is 0 Å². The van der Waals surface area contributed by atoms with Crippen molar-refractivity contribution in [2.24, 2.45) is 0 Å². The maximum Gasteiger partial charge on any atom is 0.309 e. The van der Waals surface area contributed by atoms with Crippen LogP contribution in [0.25, 0.3) is 0 Å². The van der Waals surface area contributed by atoms with Crippen molar-refractivity contribution in [1.29, 1.82) is 0 Å². The highest BCUT2D eigenvalue weighted by molar-refractivity contribution is 5.81. The molecule has 0 aromatic carbocycles. The van der Waals surface area contributed by atoms with Gasteiger partial charge in [0.1, 0.15) is 5.78 Å². The van der Waals surface area contributed by atoms with Crippen LogP contribution in [0, 0.1) is 0 Å². The third-order valence-corrected chi connectivity index (χ3v) is 1.41. The molecular formula is C9H14O5. The van der Waals surface area contributed by atoms with Gasteiger partial charge in [-0.1, -0.05) is 6.92 Å². The molecule has 0 heterocycles. The van der Waals surface area contributed by atoms with Crippen molar-refractivity contribution in [3.05, 3.63) is 0 Å². The molecule has 0 radical (unpaired) electrons. The van der Waals surface area contributed by atoms with Crippen molar-refractivity contribution in [2.45, 2.75) is 33.1 Å². The summed E-state index contributed by atoms with van der Waals surface area (Å²) in [5.41, 5.74) is 0. The lowest BCUT2D eigenvalue weighted by molar-refractivity contribution is -0.167. The molecule has 0 aliphatic carbocycles. The fourth-order valence-electron chi connectivity index (χ4n) is 0.613. The van der Waals surface area contributed by atoms with E-state index in [4.69, 9.17) is 0 Å². The molecule has 0 aromatic heterocycles. The first-order valence-electron chi connectivity index (χ1n) is 4.37. The summed E-state index contributed by atoms with van der Waals surface area (Å²) in [6, 6.07) is 0. The monoisotopic (exact) mass is 202 g/mol. The third-order valence-electron chi connectivity index (χ3n) is 1.41. The topological polar surface area (TPSA) is 69.7 Å². The van der Waals surface area contributed by atoms with E-state index in [9.17, 15) is 14.4 Å². The highest BCUT2D eigenvalue weighted by Crippen LogP contribution is 1.94. The van der Waals surface area contributed by atoms with E-state index in [-0.39, 0.29) is 31.8 Å². The Balaban J connectivity index is 3.45. The molecule has 0 saturated heterocycles. The smallest absolute Gasteiger partial charge is 0.309 e. The van der Waals surface area contributed by atoms with Crippen molar-refractivity contribution >= 4 is 17.7 Å². The molecule has 0 spiro atoms. The molecule has 14 heavy (non-hydrogen) atoms. The molecule has 0 amide bonds. The molecule has 0 saturated carbocycles. The van der Waals surface area contributed by atoms with Crippen molar-refractivity contribution in [1.82, 2.24) is 0 Å². The number of ketones is 1. The Kier molecular flexibility index (Phi) is 6.36. The minimum atomic E-state index is -0.538. The number of rotatable bonds is 6. The first-order valence-corrected chi connectivity index (χ1v) is 4.37. The van der Waals surface area contributed by atoms with Gasteiger partial charge in [-0.05, 0) is 6.92 Å². The van der Waals surface area contributed by atoms with Gasteiger partial charge in [0.05, 0.1) is 6.42 Å². The zero-order chi connectivity index (χ0) is 11.0. The molecule has 0 atom stereocenters. The molecule has 0 aliphatic heterocycles. The van der Waals surface area contributed by atoms with Crippen molar-refractivity contribution in [2.75, 3.05) is 6.79 Å². The SMILES string of the molecule is CCC(=O)OCOC(=O)CCC(C)=O. The van der Waals surface area contributed by atoms with Crippen molar-refractivity contribution < 1.29 is 23.9 Å². The van der Waals surface area contributed by atoms with Crippen LogP contribution in [0.3, 0.4) is 0 Å². The average Bonchev–Trinajstić information content (AvgIpc) is 2.14. The van der Waals surface area contributed by atoms with Crippen LogP contribution in [0.15, 0.2) is 0 Å². The Bertz CT molecular complexity index is 221. The summed E-state index contributed by atoms with van der Waals surface area (Å²) in [6.07, 6.45) is 0.421. The number of hydrogen-bond donors (Lipinski definition) is 0. The summed E-state index contributed by atoms with van der Waals surface area (Å²) in [5, 5.41) is 0. The van der Waals surface area contributed by atoms with E-state index in [1.165, 1.54) is 6.92 Å². The van der Waals surface area contributed by atoms with Gasteiger partial charge in [-0.2, -0.15) is 0 Å². The maximum absolute atomic E-state index is 10.9. The molecule has 0 bridgehead atoms. The van der Waals surface area contributed by atoms with Crippen LogP contribution in [0.2, 0.25) is 0 Å². The van der Waals surface area contributed by atoms with E-state index in [0.717, 1.165) is 0 Å². The van der Waals surface area contributed by atoms with Gasteiger partial charge in [-0.15, -0.1) is 0 Å². The second kappa shape index (κ2) is 7.06. The van der Waals surface area contributed by atoms with Gasteiger partial charge in [0.25, 0.3) is 0 Å². The van der Waals surface area contributed by atoms with Crippen LogP contribution < -0.4 is 0 Å². The first-order chi connectivity index (χ1) is 6.56. The van der Waals surface area contributed by atoms with Gasteiger partial charge in [-0.25, -0.2) is 0 Å². The van der Waals surface area contributed by atoms with Gasteiger partial charge in [0.15, 0.2) is 0 Å². The zero-order valence-corrected chi connectivity index (χ0v) is 8.37. The quantitative estimate of drug-likeness (QED) is 0.471. The lowest BCUT2D eigenvalue weighted by atomic mass is 10.2. The highest BCUT2D eigenvalue weighted by Gasteiger charge is 2.05. The van der Waals surface area contributed by atoms with Crippen molar-refractivity contribution in [3.63, 3.8) is 0 Å². The molecule has 5 heteroatoms. The maximum atomic E-state index is 10.9. The summed E-state index contributed by atoms with van der Waals surface area (Å²) in [5.74, 6) is -1.04. The summed E-state index contributed by atoms with van der Waals surface area (Å²) < 4.78 is 9.03. The minimum absolute atomic E-state index is 0.0268. The van der Waals surface area contributed by atoms with Gasteiger partial charge < -0.3 is 14.3 Å². The van der Waals surface area contributed by atoms with E-state index in [0.29, 0.717) is 0 Å². The summed E-state index contributed by atoms with van der Waals surface area (Å²) in [7, 11) is 0. The fraction of sp³-hybridized carbons (Fsp3) is 0.667. The molecule has 0 aliphatic rings. The Morgan fingerprint density at radius 2 is 1.57 bits per heavy atom. The van der Waals surface area contributed by atoms with Crippen LogP contribution in [-0.4, -0.2) is 24.5 Å². The summed E-state index contributed by atoms with van der Waals surface area (Å²) in [4.78, 5) is 31.9. The van der Waals surface area contributed by atoms with Crippen molar-refractivity contribution in [3.8, 4) is 0 Å². The molecule has 80 valence electrons. The number of carbonyl (C=O) groups is 3. The van der Waals surface area contributed by atoms with Crippen LogP contribution in [0.1, 0.15) is 33.1 Å². The lowest BCUT2D eigenvalue weighted by Gasteiger charge is -2.04. The van der Waals surface area contributed by atoms with Crippen LogP contribution in [-0.2, 0) is 23.9 Å². The second-order valence-corrected chi connectivity index (χ2v) is 2.71. The average molecular weight is 202 g/mol. The van der Waals surface area contributed by atoms with Gasteiger partial charge in [-0.3, -0.25) is 9.59 Å². The van der Waals surface area contributed by atoms with Crippen LogP contribution >= 0.6 is 0 Å². The normalized spacial score (nSPS) is 9.29. The van der Waals surface area contributed by atoms with Gasteiger partial charge >= 0.3 is 11.9 Å². The molecule has 0 rings (SSSR count). The van der Waals surface area contributed by atoms with Crippen LogP contribution in [0.4, 0.5) is 0 Å². The number of Topliss-reactive ketones (excluding diaryl/α,β-unsaturated/α-hetero) is 1. The highest BCUT2D eigenvalue weighted by atomic mass is 16.7. The predicted octanol–water partition coefficient (Wildman–Crippen LogP) is 0.810. The van der Waals surface area contributed by atoms with Gasteiger partial charge in [0, 0.05) is 12.8 Å². The fourth-order valence-corrected chi connectivity index (χ4v) is 0.613. The van der Waals surface area contributed by atoms with Gasteiger partial charge in [0.2, 0.25) is 6.79 Å². The summed E-state index contributed by atoms with van der Waals surface area (Å²) >= 11 is 0.